The average molecular weight is 370 g/mol. The molecular formula is C20H20NO6-. The van der Waals surface area contributed by atoms with Crippen LogP contribution < -0.4 is 16.0 Å². The van der Waals surface area contributed by atoms with E-state index in [1.54, 1.807) is 0 Å². The van der Waals surface area contributed by atoms with Crippen molar-refractivity contribution in [2.45, 2.75) is 40.5 Å². The average Bonchev–Trinajstić information content (AvgIpc) is 2.89. The lowest BCUT2D eigenvalue weighted by Gasteiger charge is -2.10. The molecule has 7 heteroatoms. The lowest BCUT2D eigenvalue weighted by atomic mass is 9.98. The molecular weight excluding hydrogens is 350 g/mol. The lowest BCUT2D eigenvalue weighted by Crippen LogP contribution is -2.37. The van der Waals surface area contributed by atoms with Gasteiger partial charge < -0.3 is 24.1 Å². The number of amides is 1. The van der Waals surface area contributed by atoms with Crippen molar-refractivity contribution in [3.05, 3.63) is 44.5 Å². The van der Waals surface area contributed by atoms with Gasteiger partial charge in [-0.2, -0.15) is 0 Å². The maximum absolute atomic E-state index is 12.5. The van der Waals surface area contributed by atoms with Crippen molar-refractivity contribution in [2.75, 3.05) is 6.54 Å². The highest BCUT2D eigenvalue weighted by molar-refractivity contribution is 6.00. The van der Waals surface area contributed by atoms with Crippen molar-refractivity contribution >= 4 is 33.8 Å². The Morgan fingerprint density at radius 2 is 1.63 bits per heavy atom. The summed E-state index contributed by atoms with van der Waals surface area (Å²) in [6.45, 7) is 6.98. The predicted molar refractivity (Wildman–Crippen MR) is 97.5 cm³/mol. The fourth-order valence-electron chi connectivity index (χ4n) is 3.28. The summed E-state index contributed by atoms with van der Waals surface area (Å²) in [5.41, 5.74) is 3.62. The van der Waals surface area contributed by atoms with Gasteiger partial charge in [0.1, 0.15) is 16.9 Å². The SMILES string of the molecule is Cc1oc2c(C)c3oc(=O)c(CCC(=O)NCC(=O)[O-])c(C)c3cc2c1C. The first-order valence-corrected chi connectivity index (χ1v) is 8.62. The van der Waals surface area contributed by atoms with E-state index in [0.29, 0.717) is 16.7 Å². The van der Waals surface area contributed by atoms with E-state index < -0.39 is 24.0 Å². The zero-order valence-corrected chi connectivity index (χ0v) is 15.6. The number of carboxylic acids is 1. The summed E-state index contributed by atoms with van der Waals surface area (Å²) in [6, 6.07) is 1.95. The van der Waals surface area contributed by atoms with Crippen LogP contribution in [0.4, 0.5) is 0 Å². The second-order valence-corrected chi connectivity index (χ2v) is 6.68. The van der Waals surface area contributed by atoms with Gasteiger partial charge in [-0.1, -0.05) is 0 Å². The van der Waals surface area contributed by atoms with Crippen LogP contribution in [0.15, 0.2) is 19.7 Å². The standard InChI is InChI=1S/C20H21NO6/c1-9-12(4)26-18-11(3)19-15(7-14(9)18)10(2)13(20(25)27-19)5-6-16(22)21-8-17(23)24/h7H,5-6,8H2,1-4H3,(H,21,22)(H,23,24)/p-1. The number of hydrogen-bond acceptors (Lipinski definition) is 6. The highest BCUT2D eigenvalue weighted by atomic mass is 16.4. The van der Waals surface area contributed by atoms with Gasteiger partial charge in [0.25, 0.3) is 0 Å². The van der Waals surface area contributed by atoms with Crippen LogP contribution in [-0.2, 0) is 16.0 Å². The molecule has 3 rings (SSSR count). The summed E-state index contributed by atoms with van der Waals surface area (Å²) in [4.78, 5) is 34.6. The first-order chi connectivity index (χ1) is 12.7. The van der Waals surface area contributed by atoms with Crippen LogP contribution in [0.3, 0.4) is 0 Å². The second-order valence-electron chi connectivity index (χ2n) is 6.68. The van der Waals surface area contributed by atoms with E-state index in [1.807, 2.05) is 33.8 Å². The summed E-state index contributed by atoms with van der Waals surface area (Å²) in [6.07, 6.45) is 0.138. The van der Waals surface area contributed by atoms with E-state index in [1.165, 1.54) is 0 Å². The van der Waals surface area contributed by atoms with Crippen LogP contribution in [0, 0.1) is 27.7 Å². The van der Waals surface area contributed by atoms with Crippen molar-refractivity contribution in [2.24, 2.45) is 0 Å². The molecule has 3 aromatic rings. The normalized spacial score (nSPS) is 11.3. The van der Waals surface area contributed by atoms with E-state index in [-0.39, 0.29) is 12.8 Å². The second kappa shape index (κ2) is 6.90. The molecule has 1 N–H and O–H groups in total. The first-order valence-electron chi connectivity index (χ1n) is 8.62. The van der Waals surface area contributed by atoms with Crippen molar-refractivity contribution < 1.29 is 23.5 Å². The largest absolute Gasteiger partial charge is 0.548 e. The third-order valence-corrected chi connectivity index (χ3v) is 4.98. The van der Waals surface area contributed by atoms with Gasteiger partial charge in [0.15, 0.2) is 0 Å². The van der Waals surface area contributed by atoms with Crippen LogP contribution in [-0.4, -0.2) is 18.4 Å². The molecule has 7 nitrogen and oxygen atoms in total. The Kier molecular flexibility index (Phi) is 4.78. The molecule has 0 bridgehead atoms. The molecule has 1 amide bonds. The van der Waals surface area contributed by atoms with Gasteiger partial charge in [0, 0.05) is 28.3 Å². The number of aryl methyl sites for hydroxylation is 4. The molecule has 0 saturated carbocycles. The number of furan rings is 1. The van der Waals surface area contributed by atoms with Gasteiger partial charge in [-0.25, -0.2) is 4.79 Å². The fraction of sp³-hybridized carbons (Fsp3) is 0.350. The van der Waals surface area contributed by atoms with E-state index in [9.17, 15) is 19.5 Å². The first kappa shape index (κ1) is 18.7. The summed E-state index contributed by atoms with van der Waals surface area (Å²) < 4.78 is 11.3. The molecule has 0 aliphatic carbocycles. The Labute approximate surface area is 155 Å². The Morgan fingerprint density at radius 1 is 1.00 bits per heavy atom. The number of carbonyl (C=O) groups excluding carboxylic acids is 2. The number of aliphatic carboxylic acids is 1. The Balaban J connectivity index is 2.04. The Hall–Kier alpha value is -3.09. The minimum Gasteiger partial charge on any atom is -0.548 e. The molecule has 2 heterocycles. The highest BCUT2D eigenvalue weighted by Crippen LogP contribution is 2.34. The molecule has 0 atom stereocenters. The number of nitrogens with one attached hydrogen (secondary N) is 1. The van der Waals surface area contributed by atoms with Crippen LogP contribution in [0.25, 0.3) is 21.9 Å². The molecule has 0 saturated heterocycles. The zero-order valence-electron chi connectivity index (χ0n) is 15.6. The summed E-state index contributed by atoms with van der Waals surface area (Å²) >= 11 is 0. The molecule has 0 spiro atoms. The molecule has 0 fully saturated rings. The summed E-state index contributed by atoms with van der Waals surface area (Å²) in [5, 5.41) is 14.4. The number of benzene rings is 1. The van der Waals surface area contributed by atoms with Crippen molar-refractivity contribution in [3.63, 3.8) is 0 Å². The summed E-state index contributed by atoms with van der Waals surface area (Å²) in [5.74, 6) is -1.02. The van der Waals surface area contributed by atoms with Crippen LogP contribution in [0.2, 0.25) is 0 Å². The van der Waals surface area contributed by atoms with E-state index in [2.05, 4.69) is 5.32 Å². The molecule has 142 valence electrons. The third-order valence-electron chi connectivity index (χ3n) is 4.98. The van der Waals surface area contributed by atoms with E-state index in [4.69, 9.17) is 8.83 Å². The predicted octanol–water partition coefficient (Wildman–Crippen LogP) is 1.57. The number of carbonyl (C=O) groups is 2. The third kappa shape index (κ3) is 3.32. The maximum atomic E-state index is 12.5. The van der Waals surface area contributed by atoms with E-state index >= 15 is 0 Å². The minimum atomic E-state index is -1.37. The zero-order chi connectivity index (χ0) is 19.9. The molecule has 0 aliphatic heterocycles. The summed E-state index contributed by atoms with van der Waals surface area (Å²) in [7, 11) is 0. The quantitative estimate of drug-likeness (QED) is 0.682. The molecule has 0 unspecified atom stereocenters. The van der Waals surface area contributed by atoms with Crippen LogP contribution in [0.1, 0.15) is 34.4 Å². The molecule has 2 aromatic heterocycles. The topological polar surface area (TPSA) is 113 Å². The van der Waals surface area contributed by atoms with Gasteiger partial charge in [-0.3, -0.25) is 4.79 Å². The number of hydrogen-bond donors (Lipinski definition) is 1. The number of rotatable bonds is 5. The lowest BCUT2D eigenvalue weighted by molar-refractivity contribution is -0.304. The number of fused-ring (bicyclic) bond motifs is 2. The van der Waals surface area contributed by atoms with Gasteiger partial charge in [0.2, 0.25) is 5.91 Å². The monoisotopic (exact) mass is 370 g/mol. The molecule has 0 aliphatic rings. The van der Waals surface area contributed by atoms with Crippen molar-refractivity contribution in [3.8, 4) is 0 Å². The van der Waals surface area contributed by atoms with E-state index in [0.717, 1.165) is 33.2 Å². The van der Waals surface area contributed by atoms with Gasteiger partial charge >= 0.3 is 5.63 Å². The highest BCUT2D eigenvalue weighted by Gasteiger charge is 2.19. The smallest absolute Gasteiger partial charge is 0.339 e. The van der Waals surface area contributed by atoms with Crippen molar-refractivity contribution in [1.29, 1.82) is 0 Å². The minimum absolute atomic E-state index is 0.0184. The maximum Gasteiger partial charge on any atom is 0.339 e. The van der Waals surface area contributed by atoms with Gasteiger partial charge in [-0.05, 0) is 51.3 Å². The van der Waals surface area contributed by atoms with Gasteiger partial charge in [-0.15, -0.1) is 0 Å². The van der Waals surface area contributed by atoms with Crippen molar-refractivity contribution in [1.82, 2.24) is 5.32 Å². The fourth-order valence-corrected chi connectivity index (χ4v) is 3.28. The molecule has 1 aromatic carbocycles. The Bertz CT molecular complexity index is 1140. The molecule has 0 radical (unpaired) electrons. The van der Waals surface area contributed by atoms with Crippen LogP contribution >= 0.6 is 0 Å². The Morgan fingerprint density at radius 3 is 2.30 bits per heavy atom. The molecule has 27 heavy (non-hydrogen) atoms. The van der Waals surface area contributed by atoms with Crippen LogP contribution in [0.5, 0.6) is 0 Å². The number of carboxylic acid groups (broad SMARTS) is 1. The van der Waals surface area contributed by atoms with Gasteiger partial charge in [0.05, 0.1) is 12.5 Å².